The molecule has 0 saturated heterocycles. The molecule has 0 aliphatic rings. The number of hydrogen-bond acceptors (Lipinski definition) is 5. The number of methoxy groups -OCH3 is 1. The van der Waals surface area contributed by atoms with Crippen LogP contribution in [0.2, 0.25) is 5.02 Å². The highest BCUT2D eigenvalue weighted by Gasteiger charge is 2.24. The van der Waals surface area contributed by atoms with Gasteiger partial charge in [-0.25, -0.2) is 9.18 Å². The molecule has 0 spiro atoms. The molecule has 4 aromatic rings. The molecule has 184 valence electrons. The topological polar surface area (TPSA) is 91.3 Å². The highest BCUT2D eigenvalue weighted by Crippen LogP contribution is 2.34. The number of ether oxygens (including phenoxy) is 1. The van der Waals surface area contributed by atoms with Gasteiger partial charge in [-0.3, -0.25) is 13.9 Å². The molecular weight excluding hydrogens is 475 g/mol. The van der Waals surface area contributed by atoms with Crippen LogP contribution in [0.15, 0.2) is 46.1 Å². The van der Waals surface area contributed by atoms with Gasteiger partial charge in [-0.15, -0.1) is 5.10 Å². The molecule has 10 heteroatoms. The van der Waals surface area contributed by atoms with Crippen molar-refractivity contribution >= 4 is 22.4 Å². The van der Waals surface area contributed by atoms with E-state index in [4.69, 9.17) is 16.3 Å². The summed E-state index contributed by atoms with van der Waals surface area (Å²) < 4.78 is 24.3. The van der Waals surface area contributed by atoms with Crippen LogP contribution >= 0.6 is 11.6 Å². The molecule has 1 N–H and O–H groups in total. The van der Waals surface area contributed by atoms with Crippen molar-refractivity contribution in [2.45, 2.75) is 46.3 Å². The normalized spacial score (nSPS) is 11.9. The third kappa shape index (κ3) is 4.04. The van der Waals surface area contributed by atoms with Gasteiger partial charge in [-0.1, -0.05) is 38.4 Å². The number of rotatable bonds is 5. The van der Waals surface area contributed by atoms with Gasteiger partial charge in [0.1, 0.15) is 28.9 Å². The fraction of sp³-hybridized carbons (Fsp3) is 0.320. The largest absolute Gasteiger partial charge is 0.495 e. The molecule has 0 radical (unpaired) electrons. The van der Waals surface area contributed by atoms with E-state index in [1.54, 1.807) is 31.3 Å². The molecule has 0 unspecified atom stereocenters. The number of nitrogens with zero attached hydrogens (tertiary/aromatic N) is 4. The number of fused-ring (bicyclic) bond motifs is 1. The minimum absolute atomic E-state index is 0.105. The zero-order valence-electron chi connectivity index (χ0n) is 20.1. The standard InChI is InChI=1S/C25H26ClFN4O4/c1-6-29-21(13-32)28-31(24(29)34)19-11-14-15(10-17(19)27)23(33)30(12-16(14)25(2,3)4)18-8-7-9-20(35-5)22(18)26/h7-12,32H,6,13H2,1-5H3. The molecule has 0 amide bonds. The zero-order chi connectivity index (χ0) is 25.7. The van der Waals surface area contributed by atoms with Crippen molar-refractivity contribution in [1.82, 2.24) is 18.9 Å². The number of hydrogen-bond donors (Lipinski definition) is 1. The number of aliphatic hydroxyl groups is 1. The van der Waals surface area contributed by atoms with E-state index in [0.29, 0.717) is 16.8 Å². The van der Waals surface area contributed by atoms with Crippen LogP contribution in [-0.2, 0) is 18.6 Å². The van der Waals surface area contributed by atoms with Crippen molar-refractivity contribution in [2.75, 3.05) is 7.11 Å². The Labute approximate surface area is 205 Å². The molecule has 8 nitrogen and oxygen atoms in total. The predicted octanol–water partition coefficient (Wildman–Crippen LogP) is 3.95. The summed E-state index contributed by atoms with van der Waals surface area (Å²) in [6, 6.07) is 7.65. The average molecular weight is 501 g/mol. The van der Waals surface area contributed by atoms with Gasteiger partial charge < -0.3 is 9.84 Å². The molecule has 2 heterocycles. The molecule has 0 aliphatic heterocycles. The number of halogens is 2. The maximum atomic E-state index is 15.4. The van der Waals surface area contributed by atoms with Gasteiger partial charge in [0.05, 0.1) is 18.2 Å². The molecule has 2 aromatic heterocycles. The molecular formula is C25H26ClFN4O4. The van der Waals surface area contributed by atoms with Crippen LogP contribution in [0.1, 0.15) is 39.1 Å². The Kier molecular flexibility index (Phi) is 6.33. The lowest BCUT2D eigenvalue weighted by Crippen LogP contribution is -2.26. The van der Waals surface area contributed by atoms with E-state index >= 15 is 4.39 Å². The van der Waals surface area contributed by atoms with Crippen molar-refractivity contribution in [2.24, 2.45) is 0 Å². The molecule has 0 aliphatic carbocycles. The van der Waals surface area contributed by atoms with Gasteiger partial charge in [0.25, 0.3) is 5.56 Å². The van der Waals surface area contributed by atoms with Gasteiger partial charge in [0, 0.05) is 12.7 Å². The first-order valence-electron chi connectivity index (χ1n) is 11.1. The van der Waals surface area contributed by atoms with E-state index in [1.165, 1.54) is 22.3 Å². The van der Waals surface area contributed by atoms with Gasteiger partial charge in [-0.05, 0) is 47.6 Å². The Morgan fingerprint density at radius 3 is 2.43 bits per heavy atom. The minimum atomic E-state index is -0.795. The van der Waals surface area contributed by atoms with E-state index < -0.39 is 29.1 Å². The summed E-state index contributed by atoms with van der Waals surface area (Å²) in [5, 5.41) is 14.5. The van der Waals surface area contributed by atoms with Crippen molar-refractivity contribution in [3.63, 3.8) is 0 Å². The summed E-state index contributed by atoms with van der Waals surface area (Å²) >= 11 is 6.50. The summed E-state index contributed by atoms with van der Waals surface area (Å²) in [4.78, 5) is 26.4. The average Bonchev–Trinajstić information content (AvgIpc) is 3.14. The zero-order valence-corrected chi connectivity index (χ0v) is 20.9. The summed E-state index contributed by atoms with van der Waals surface area (Å²) in [6.45, 7) is 7.43. The lowest BCUT2D eigenvalue weighted by atomic mass is 9.84. The fourth-order valence-electron chi connectivity index (χ4n) is 4.16. The van der Waals surface area contributed by atoms with E-state index in [0.717, 1.165) is 16.3 Å². The molecule has 0 saturated carbocycles. The molecule has 2 aromatic carbocycles. The lowest BCUT2D eigenvalue weighted by molar-refractivity contribution is 0.264. The van der Waals surface area contributed by atoms with E-state index in [-0.39, 0.29) is 28.5 Å². The number of benzene rings is 2. The van der Waals surface area contributed by atoms with Crippen LogP contribution in [0.4, 0.5) is 4.39 Å². The number of aliphatic hydroxyl groups excluding tert-OH is 1. The maximum absolute atomic E-state index is 15.4. The first-order valence-corrected chi connectivity index (χ1v) is 11.4. The Morgan fingerprint density at radius 1 is 1.14 bits per heavy atom. The number of pyridine rings is 1. The smallest absolute Gasteiger partial charge is 0.350 e. The molecule has 0 atom stereocenters. The highest BCUT2D eigenvalue weighted by atomic mass is 35.5. The van der Waals surface area contributed by atoms with Crippen LogP contribution in [0.3, 0.4) is 0 Å². The van der Waals surface area contributed by atoms with Crippen molar-refractivity contribution in [1.29, 1.82) is 0 Å². The first kappa shape index (κ1) is 24.7. The van der Waals surface area contributed by atoms with Crippen LogP contribution in [-0.4, -0.2) is 31.1 Å². The predicted molar refractivity (Wildman–Crippen MR) is 133 cm³/mol. The van der Waals surface area contributed by atoms with E-state index in [2.05, 4.69) is 5.10 Å². The third-order valence-corrected chi connectivity index (χ3v) is 6.32. The van der Waals surface area contributed by atoms with Crippen molar-refractivity contribution in [3.05, 3.63) is 79.6 Å². The lowest BCUT2D eigenvalue weighted by Gasteiger charge is -2.24. The molecule has 0 bridgehead atoms. The van der Waals surface area contributed by atoms with Crippen molar-refractivity contribution in [3.8, 4) is 17.1 Å². The van der Waals surface area contributed by atoms with Gasteiger partial charge in [-0.2, -0.15) is 4.68 Å². The second-order valence-corrected chi connectivity index (χ2v) is 9.50. The first-order chi connectivity index (χ1) is 16.5. The van der Waals surface area contributed by atoms with Gasteiger partial charge in [0.15, 0.2) is 5.82 Å². The Morgan fingerprint density at radius 2 is 1.86 bits per heavy atom. The van der Waals surface area contributed by atoms with E-state index in [9.17, 15) is 14.7 Å². The highest BCUT2D eigenvalue weighted by molar-refractivity contribution is 6.33. The second-order valence-electron chi connectivity index (χ2n) is 9.12. The quantitative estimate of drug-likeness (QED) is 0.448. The van der Waals surface area contributed by atoms with Crippen LogP contribution in [0.25, 0.3) is 22.1 Å². The number of aromatic nitrogens is 4. The summed E-state index contributed by atoms with van der Waals surface area (Å²) in [6.07, 6.45) is 1.68. The minimum Gasteiger partial charge on any atom is -0.495 e. The Hall–Kier alpha value is -3.43. The summed E-state index contributed by atoms with van der Waals surface area (Å²) in [5.41, 5.74) is -0.486. The molecule has 4 rings (SSSR count). The molecule has 35 heavy (non-hydrogen) atoms. The monoisotopic (exact) mass is 500 g/mol. The van der Waals surface area contributed by atoms with Gasteiger partial charge >= 0.3 is 5.69 Å². The van der Waals surface area contributed by atoms with Crippen molar-refractivity contribution < 1.29 is 14.2 Å². The second kappa shape index (κ2) is 8.98. The Bertz CT molecular complexity index is 1560. The summed E-state index contributed by atoms with van der Waals surface area (Å²) in [7, 11) is 1.48. The Balaban J connectivity index is 2.09. The summed E-state index contributed by atoms with van der Waals surface area (Å²) in [5.74, 6) is -0.270. The van der Waals surface area contributed by atoms with Gasteiger partial charge in [0.2, 0.25) is 0 Å². The maximum Gasteiger partial charge on any atom is 0.350 e. The third-order valence-electron chi connectivity index (χ3n) is 5.94. The van der Waals surface area contributed by atoms with Crippen LogP contribution in [0.5, 0.6) is 5.75 Å². The van der Waals surface area contributed by atoms with E-state index in [1.807, 2.05) is 20.8 Å². The SMILES string of the molecule is CCn1c(CO)nn(-c2cc3c(C(C)(C)C)cn(-c4cccc(OC)c4Cl)c(=O)c3cc2F)c1=O. The fourth-order valence-corrected chi connectivity index (χ4v) is 4.45. The van der Waals surface area contributed by atoms with Crippen LogP contribution < -0.4 is 16.0 Å². The molecule has 0 fully saturated rings. The van der Waals surface area contributed by atoms with Crippen LogP contribution in [0, 0.1) is 5.82 Å².